The molecule has 0 saturated carbocycles. The van der Waals surface area contributed by atoms with E-state index in [2.05, 4.69) is 5.32 Å². The first-order valence-corrected chi connectivity index (χ1v) is 4.52. The van der Waals surface area contributed by atoms with Crippen molar-refractivity contribution in [3.05, 3.63) is 0 Å². The number of amides is 1. The molecule has 0 aromatic heterocycles. The van der Waals surface area contributed by atoms with E-state index in [1.807, 2.05) is 6.92 Å². The molecule has 0 aliphatic heterocycles. The van der Waals surface area contributed by atoms with E-state index in [0.717, 1.165) is 0 Å². The fraction of sp³-hybridized carbons (Fsp3) is 0.778. The SMILES string of the molecule is COC(C)CCC(=O)N[C@@H](C)C(=O)O. The minimum atomic E-state index is -1.03. The van der Waals surface area contributed by atoms with Crippen LogP contribution in [0.1, 0.15) is 26.7 Å². The van der Waals surface area contributed by atoms with Gasteiger partial charge in [-0.25, -0.2) is 0 Å². The summed E-state index contributed by atoms with van der Waals surface area (Å²) in [6.45, 7) is 3.29. The van der Waals surface area contributed by atoms with Crippen LogP contribution in [0.25, 0.3) is 0 Å². The first-order chi connectivity index (χ1) is 6.47. The van der Waals surface area contributed by atoms with Crippen molar-refractivity contribution in [1.29, 1.82) is 0 Å². The summed E-state index contributed by atoms with van der Waals surface area (Å²) in [6, 6.07) is -0.833. The Labute approximate surface area is 83.4 Å². The average molecular weight is 203 g/mol. The second-order valence-corrected chi connectivity index (χ2v) is 3.21. The van der Waals surface area contributed by atoms with Crippen molar-refractivity contribution in [2.24, 2.45) is 0 Å². The van der Waals surface area contributed by atoms with E-state index in [9.17, 15) is 9.59 Å². The van der Waals surface area contributed by atoms with Gasteiger partial charge in [-0.15, -0.1) is 0 Å². The lowest BCUT2D eigenvalue weighted by Gasteiger charge is -2.11. The largest absolute Gasteiger partial charge is 0.480 e. The molecule has 14 heavy (non-hydrogen) atoms. The van der Waals surface area contributed by atoms with E-state index < -0.39 is 12.0 Å². The van der Waals surface area contributed by atoms with Crippen LogP contribution in [0.3, 0.4) is 0 Å². The van der Waals surface area contributed by atoms with E-state index in [0.29, 0.717) is 6.42 Å². The third-order valence-electron chi connectivity index (χ3n) is 1.93. The molecule has 1 unspecified atom stereocenters. The second-order valence-electron chi connectivity index (χ2n) is 3.21. The average Bonchev–Trinajstić information content (AvgIpc) is 2.13. The van der Waals surface area contributed by atoms with Crippen molar-refractivity contribution >= 4 is 11.9 Å². The molecule has 0 aliphatic rings. The molecule has 0 rings (SSSR count). The summed E-state index contributed by atoms with van der Waals surface area (Å²) in [5, 5.41) is 10.9. The molecule has 0 bridgehead atoms. The molecule has 2 atom stereocenters. The summed E-state index contributed by atoms with van der Waals surface area (Å²) in [4.78, 5) is 21.5. The van der Waals surface area contributed by atoms with Crippen molar-refractivity contribution in [3.63, 3.8) is 0 Å². The van der Waals surface area contributed by atoms with Crippen LogP contribution in [0.2, 0.25) is 0 Å². The van der Waals surface area contributed by atoms with Gasteiger partial charge in [-0.2, -0.15) is 0 Å². The van der Waals surface area contributed by atoms with Crippen molar-refractivity contribution in [2.75, 3.05) is 7.11 Å². The van der Waals surface area contributed by atoms with Gasteiger partial charge in [-0.1, -0.05) is 0 Å². The molecule has 1 amide bonds. The zero-order valence-electron chi connectivity index (χ0n) is 8.74. The molecule has 82 valence electrons. The van der Waals surface area contributed by atoms with Crippen LogP contribution in [0.5, 0.6) is 0 Å². The molecule has 0 spiro atoms. The number of nitrogens with one attached hydrogen (secondary N) is 1. The lowest BCUT2D eigenvalue weighted by molar-refractivity contribution is -0.141. The Morgan fingerprint density at radius 1 is 1.43 bits per heavy atom. The van der Waals surface area contributed by atoms with Gasteiger partial charge in [0.15, 0.2) is 0 Å². The molecule has 5 heteroatoms. The van der Waals surface area contributed by atoms with Crippen molar-refractivity contribution in [3.8, 4) is 0 Å². The minimum Gasteiger partial charge on any atom is -0.480 e. The van der Waals surface area contributed by atoms with Gasteiger partial charge in [0.05, 0.1) is 6.10 Å². The number of carbonyl (C=O) groups is 2. The van der Waals surface area contributed by atoms with Crippen LogP contribution in [0.4, 0.5) is 0 Å². The molecule has 0 heterocycles. The molecular formula is C9H17NO4. The molecule has 0 aliphatic carbocycles. The van der Waals surface area contributed by atoms with E-state index in [4.69, 9.17) is 9.84 Å². The maximum absolute atomic E-state index is 11.1. The first kappa shape index (κ1) is 12.9. The van der Waals surface area contributed by atoms with Gasteiger partial charge in [0.25, 0.3) is 0 Å². The smallest absolute Gasteiger partial charge is 0.325 e. The highest BCUT2D eigenvalue weighted by Crippen LogP contribution is 1.99. The predicted molar refractivity (Wildman–Crippen MR) is 50.9 cm³/mol. The molecule has 0 fully saturated rings. The Morgan fingerprint density at radius 2 is 2.00 bits per heavy atom. The van der Waals surface area contributed by atoms with E-state index in [1.54, 1.807) is 7.11 Å². The number of carboxylic acids is 1. The van der Waals surface area contributed by atoms with Crippen molar-refractivity contribution in [2.45, 2.75) is 38.8 Å². The van der Waals surface area contributed by atoms with Gasteiger partial charge >= 0.3 is 5.97 Å². The van der Waals surface area contributed by atoms with Gasteiger partial charge in [0, 0.05) is 13.5 Å². The summed E-state index contributed by atoms with van der Waals surface area (Å²) in [6.07, 6.45) is 0.891. The topological polar surface area (TPSA) is 75.6 Å². The Bertz CT molecular complexity index is 205. The highest BCUT2D eigenvalue weighted by atomic mass is 16.5. The number of hydrogen-bond donors (Lipinski definition) is 2. The molecular weight excluding hydrogens is 186 g/mol. The maximum Gasteiger partial charge on any atom is 0.325 e. The summed E-state index contributed by atoms with van der Waals surface area (Å²) in [5.74, 6) is -1.29. The monoisotopic (exact) mass is 203 g/mol. The Kier molecular flexibility index (Phi) is 5.87. The number of carboxylic acid groups (broad SMARTS) is 1. The summed E-state index contributed by atoms with van der Waals surface area (Å²) < 4.78 is 4.96. The molecule has 0 saturated heterocycles. The summed E-state index contributed by atoms with van der Waals surface area (Å²) in [7, 11) is 1.57. The molecule has 0 aromatic carbocycles. The number of hydrogen-bond acceptors (Lipinski definition) is 3. The van der Waals surface area contributed by atoms with Gasteiger partial charge in [0.2, 0.25) is 5.91 Å². The number of carbonyl (C=O) groups excluding carboxylic acids is 1. The Morgan fingerprint density at radius 3 is 2.43 bits per heavy atom. The van der Waals surface area contributed by atoms with Crippen LogP contribution in [0.15, 0.2) is 0 Å². The number of methoxy groups -OCH3 is 1. The van der Waals surface area contributed by atoms with Crippen LogP contribution in [-0.4, -0.2) is 36.2 Å². The maximum atomic E-state index is 11.1. The third kappa shape index (κ3) is 5.53. The normalized spacial score (nSPS) is 14.5. The molecule has 0 radical (unpaired) electrons. The fourth-order valence-corrected chi connectivity index (χ4v) is 0.828. The third-order valence-corrected chi connectivity index (χ3v) is 1.93. The molecule has 0 aromatic rings. The van der Waals surface area contributed by atoms with Crippen LogP contribution in [-0.2, 0) is 14.3 Å². The van der Waals surface area contributed by atoms with Gasteiger partial charge in [0.1, 0.15) is 6.04 Å². The standard InChI is InChI=1S/C9H17NO4/c1-6(14-3)4-5-8(11)10-7(2)9(12)13/h6-7H,4-5H2,1-3H3,(H,10,11)(H,12,13)/t6?,7-/m0/s1. The van der Waals surface area contributed by atoms with Gasteiger partial charge < -0.3 is 15.2 Å². The van der Waals surface area contributed by atoms with Crippen LogP contribution >= 0.6 is 0 Å². The number of aliphatic carboxylic acids is 1. The fourth-order valence-electron chi connectivity index (χ4n) is 0.828. The second kappa shape index (κ2) is 6.37. The zero-order valence-corrected chi connectivity index (χ0v) is 8.74. The zero-order chi connectivity index (χ0) is 11.1. The quantitative estimate of drug-likeness (QED) is 0.654. The van der Waals surface area contributed by atoms with E-state index in [1.165, 1.54) is 6.92 Å². The summed E-state index contributed by atoms with van der Waals surface area (Å²) in [5.41, 5.74) is 0. The lowest BCUT2D eigenvalue weighted by Crippen LogP contribution is -2.38. The van der Waals surface area contributed by atoms with Crippen molar-refractivity contribution in [1.82, 2.24) is 5.32 Å². The van der Waals surface area contributed by atoms with E-state index in [-0.39, 0.29) is 18.4 Å². The number of ether oxygens (including phenoxy) is 1. The van der Waals surface area contributed by atoms with E-state index >= 15 is 0 Å². The van der Waals surface area contributed by atoms with Crippen LogP contribution < -0.4 is 5.32 Å². The number of rotatable bonds is 6. The highest BCUT2D eigenvalue weighted by molar-refractivity contribution is 5.83. The summed E-state index contributed by atoms with van der Waals surface area (Å²) >= 11 is 0. The van der Waals surface area contributed by atoms with Crippen LogP contribution in [0, 0.1) is 0 Å². The molecule has 2 N–H and O–H groups in total. The molecule has 5 nitrogen and oxygen atoms in total. The van der Waals surface area contributed by atoms with Gasteiger partial charge in [-0.3, -0.25) is 9.59 Å². The first-order valence-electron chi connectivity index (χ1n) is 4.52. The lowest BCUT2D eigenvalue weighted by atomic mass is 10.2. The minimum absolute atomic E-state index is 0.0147. The predicted octanol–water partition coefficient (Wildman–Crippen LogP) is 0.391. The highest BCUT2D eigenvalue weighted by Gasteiger charge is 2.14. The van der Waals surface area contributed by atoms with Gasteiger partial charge in [-0.05, 0) is 20.3 Å². The Hall–Kier alpha value is -1.10. The van der Waals surface area contributed by atoms with Crippen molar-refractivity contribution < 1.29 is 19.4 Å². The Balaban J connectivity index is 3.71.